The van der Waals surface area contributed by atoms with Gasteiger partial charge in [-0.3, -0.25) is 9.59 Å². The van der Waals surface area contributed by atoms with E-state index in [1.807, 2.05) is 13.0 Å². The quantitative estimate of drug-likeness (QED) is 0.205. The van der Waals surface area contributed by atoms with Crippen molar-refractivity contribution in [3.63, 3.8) is 0 Å². The molecule has 220 valence electrons. The van der Waals surface area contributed by atoms with E-state index < -0.39 is 0 Å². The number of carbonyl (C=O) groups excluding carboxylic acids is 2. The van der Waals surface area contributed by atoms with Gasteiger partial charge in [0.05, 0.1) is 38.6 Å². The zero-order chi connectivity index (χ0) is 28.9. The number of hydrogen-bond acceptors (Lipinski definition) is 7. The second-order valence-corrected chi connectivity index (χ2v) is 9.91. The predicted octanol–water partition coefficient (Wildman–Crippen LogP) is 5.84. The zero-order valence-corrected chi connectivity index (χ0v) is 24.7. The number of hydrogen-bond donors (Lipinski definition) is 1. The minimum Gasteiger partial charge on any atom is -0.495 e. The monoisotopic (exact) mass is 555 g/mol. The molecular weight excluding hydrogens is 510 g/mol. The van der Waals surface area contributed by atoms with Gasteiger partial charge in [0.15, 0.2) is 0 Å². The molecule has 1 N–H and O–H groups in total. The number of benzene rings is 2. The van der Waals surface area contributed by atoms with Crippen LogP contribution >= 0.6 is 0 Å². The highest BCUT2D eigenvalue weighted by Gasteiger charge is 2.25. The van der Waals surface area contributed by atoms with Gasteiger partial charge >= 0.3 is 5.97 Å². The molecule has 0 spiro atoms. The van der Waals surface area contributed by atoms with E-state index in [1.165, 1.54) is 5.56 Å². The Morgan fingerprint density at radius 3 is 2.30 bits per heavy atom. The largest absolute Gasteiger partial charge is 0.495 e. The number of ether oxygens (including phenoxy) is 5. The van der Waals surface area contributed by atoms with Crippen molar-refractivity contribution in [1.29, 1.82) is 0 Å². The van der Waals surface area contributed by atoms with Crippen LogP contribution < -0.4 is 24.3 Å². The fourth-order valence-corrected chi connectivity index (χ4v) is 5.08. The Labute approximate surface area is 238 Å². The molecule has 0 radical (unpaired) electrons. The van der Waals surface area contributed by atoms with Crippen LogP contribution in [-0.4, -0.2) is 52.0 Å². The molecule has 8 nitrogen and oxygen atoms in total. The van der Waals surface area contributed by atoms with Gasteiger partial charge in [-0.25, -0.2) is 0 Å². The molecule has 1 atom stereocenters. The van der Waals surface area contributed by atoms with Gasteiger partial charge in [-0.15, -0.1) is 0 Å². The fraction of sp³-hybridized carbons (Fsp3) is 0.562. The van der Waals surface area contributed by atoms with E-state index in [0.717, 1.165) is 66.9 Å². The van der Waals surface area contributed by atoms with Crippen LogP contribution in [0.1, 0.15) is 86.3 Å². The Morgan fingerprint density at radius 2 is 1.65 bits per heavy atom. The molecule has 1 aliphatic rings. The van der Waals surface area contributed by atoms with E-state index >= 15 is 0 Å². The smallest absolute Gasteiger partial charge is 0.305 e. The van der Waals surface area contributed by atoms with E-state index in [-0.39, 0.29) is 18.0 Å². The fourth-order valence-electron chi connectivity index (χ4n) is 5.08. The van der Waals surface area contributed by atoms with E-state index in [0.29, 0.717) is 50.4 Å². The highest BCUT2D eigenvalue weighted by molar-refractivity contribution is 5.97. The minimum atomic E-state index is -0.184. The van der Waals surface area contributed by atoms with Gasteiger partial charge in [-0.1, -0.05) is 32.8 Å². The molecule has 0 bridgehead atoms. The highest BCUT2D eigenvalue weighted by atomic mass is 16.5. The summed E-state index contributed by atoms with van der Waals surface area (Å²) in [4.78, 5) is 24.1. The normalized spacial score (nSPS) is 14.1. The van der Waals surface area contributed by atoms with Gasteiger partial charge < -0.3 is 29.0 Å². The Morgan fingerprint density at radius 1 is 0.975 bits per heavy atom. The Bertz CT molecular complexity index is 1130. The Balaban J connectivity index is 1.62. The van der Waals surface area contributed by atoms with Crippen LogP contribution in [-0.2, 0) is 28.8 Å². The maximum Gasteiger partial charge on any atom is 0.305 e. The first-order valence-corrected chi connectivity index (χ1v) is 14.6. The summed E-state index contributed by atoms with van der Waals surface area (Å²) < 4.78 is 29.5. The van der Waals surface area contributed by atoms with Gasteiger partial charge in [0.2, 0.25) is 0 Å². The lowest BCUT2D eigenvalue weighted by molar-refractivity contribution is -0.143. The topological polar surface area (TPSA) is 92.3 Å². The summed E-state index contributed by atoms with van der Waals surface area (Å²) >= 11 is 0. The molecule has 0 saturated heterocycles. The van der Waals surface area contributed by atoms with Crippen molar-refractivity contribution in [3.8, 4) is 23.0 Å². The molecule has 1 amide bonds. The molecule has 0 saturated carbocycles. The average molecular weight is 556 g/mol. The van der Waals surface area contributed by atoms with Crippen LogP contribution in [0.25, 0.3) is 0 Å². The summed E-state index contributed by atoms with van der Waals surface area (Å²) in [5.41, 5.74) is 3.71. The maximum absolute atomic E-state index is 12.3. The van der Waals surface area contributed by atoms with Gasteiger partial charge in [-0.2, -0.15) is 0 Å². The van der Waals surface area contributed by atoms with Crippen LogP contribution in [0.5, 0.6) is 23.0 Å². The lowest BCUT2D eigenvalue weighted by Crippen LogP contribution is -2.25. The number of amides is 1. The molecule has 8 heteroatoms. The van der Waals surface area contributed by atoms with Crippen LogP contribution in [0.3, 0.4) is 0 Å². The predicted molar refractivity (Wildman–Crippen MR) is 155 cm³/mol. The number of fused-ring (bicyclic) bond motifs is 1. The number of nitrogens with one attached hydrogen (secondary N) is 1. The van der Waals surface area contributed by atoms with Crippen LogP contribution in [0.15, 0.2) is 24.3 Å². The number of aryl methyl sites for hydroxylation is 1. The van der Waals surface area contributed by atoms with E-state index in [2.05, 4.69) is 31.3 Å². The van der Waals surface area contributed by atoms with Crippen molar-refractivity contribution in [2.45, 2.75) is 84.7 Å². The lowest BCUT2D eigenvalue weighted by atomic mass is 9.95. The Kier molecular flexibility index (Phi) is 12.4. The first-order chi connectivity index (χ1) is 19.5. The van der Waals surface area contributed by atoms with Crippen LogP contribution in [0.4, 0.5) is 0 Å². The number of methoxy groups -OCH3 is 1. The van der Waals surface area contributed by atoms with Crippen molar-refractivity contribution >= 4 is 11.9 Å². The Hall–Kier alpha value is -3.42. The minimum absolute atomic E-state index is 0.000241. The molecule has 1 heterocycles. The third-order valence-corrected chi connectivity index (χ3v) is 6.99. The summed E-state index contributed by atoms with van der Waals surface area (Å²) in [7, 11) is 3.19. The van der Waals surface area contributed by atoms with Gasteiger partial charge in [0.25, 0.3) is 5.91 Å². The summed E-state index contributed by atoms with van der Waals surface area (Å²) in [6, 6.07) is 7.73. The van der Waals surface area contributed by atoms with E-state index in [1.54, 1.807) is 20.2 Å². The van der Waals surface area contributed by atoms with Crippen molar-refractivity contribution in [3.05, 3.63) is 46.5 Å². The molecule has 40 heavy (non-hydrogen) atoms. The summed E-state index contributed by atoms with van der Waals surface area (Å²) in [5.74, 6) is 2.70. The molecular formula is C32H45NO7. The third kappa shape index (κ3) is 8.05. The van der Waals surface area contributed by atoms with E-state index in [4.69, 9.17) is 23.7 Å². The SMILES string of the molecule is CCCc1c(OCCCOc2ccc(C(=O)NC)c(OC)c2CCC)ccc2c1OC(CCC(=O)OCC)CC2. The van der Waals surface area contributed by atoms with Crippen molar-refractivity contribution < 1.29 is 33.3 Å². The molecule has 0 fully saturated rings. The molecule has 0 aliphatic carbocycles. The molecule has 1 aliphatic heterocycles. The van der Waals surface area contributed by atoms with Gasteiger partial charge in [0, 0.05) is 31.0 Å². The lowest BCUT2D eigenvalue weighted by Gasteiger charge is -2.29. The van der Waals surface area contributed by atoms with Crippen molar-refractivity contribution in [2.24, 2.45) is 0 Å². The number of rotatable bonds is 16. The van der Waals surface area contributed by atoms with Crippen molar-refractivity contribution in [1.82, 2.24) is 5.32 Å². The first-order valence-electron chi connectivity index (χ1n) is 14.6. The molecule has 3 rings (SSSR count). The van der Waals surface area contributed by atoms with Crippen LogP contribution in [0, 0.1) is 0 Å². The maximum atomic E-state index is 12.3. The van der Waals surface area contributed by atoms with Gasteiger partial charge in [-0.05, 0) is 62.8 Å². The van der Waals surface area contributed by atoms with Crippen molar-refractivity contribution in [2.75, 3.05) is 34.0 Å². The summed E-state index contributed by atoms with van der Waals surface area (Å²) in [5, 5.41) is 2.67. The number of esters is 1. The molecule has 2 aromatic rings. The standard InChI is InChI=1S/C32H45NO7/c1-6-10-24-27(17-13-22-12-14-23(40-30(22)24)15-19-29(34)37-8-3)38-20-9-21-39-28-18-16-26(32(35)33-4)31(36-5)25(28)11-7-2/h13,16-18,23H,6-12,14-15,19-21H2,1-5H3,(H,33,35). The summed E-state index contributed by atoms with van der Waals surface area (Å²) in [6.45, 7) is 7.43. The number of carbonyl (C=O) groups is 2. The first kappa shape index (κ1) is 31.1. The average Bonchev–Trinajstić information content (AvgIpc) is 2.97. The molecule has 0 aromatic heterocycles. The zero-order valence-electron chi connectivity index (χ0n) is 24.7. The second kappa shape index (κ2) is 16.0. The van der Waals surface area contributed by atoms with E-state index in [9.17, 15) is 9.59 Å². The van der Waals surface area contributed by atoms with Crippen LogP contribution in [0.2, 0.25) is 0 Å². The molecule has 1 unspecified atom stereocenters. The third-order valence-electron chi connectivity index (χ3n) is 6.99. The van der Waals surface area contributed by atoms with Gasteiger partial charge in [0.1, 0.15) is 23.0 Å². The molecule has 2 aromatic carbocycles. The second-order valence-electron chi connectivity index (χ2n) is 9.91. The highest BCUT2D eigenvalue weighted by Crippen LogP contribution is 2.39. The summed E-state index contributed by atoms with van der Waals surface area (Å²) in [6.07, 6.45) is 7.01.